The summed E-state index contributed by atoms with van der Waals surface area (Å²) >= 11 is 6.29. The molecule has 1 aromatic rings. The fourth-order valence-electron chi connectivity index (χ4n) is 2.00. The second-order valence-corrected chi connectivity index (χ2v) is 5.45. The van der Waals surface area contributed by atoms with Crippen LogP contribution >= 0.6 is 11.6 Å². The highest BCUT2D eigenvalue weighted by atomic mass is 35.5. The maximum absolute atomic E-state index is 6.29. The topological polar surface area (TPSA) is 29.3 Å². The highest BCUT2D eigenvalue weighted by molar-refractivity contribution is 6.31. The SMILES string of the molecule is CCC(C)CN(CC)c1ccc(C(C)N)c(Cl)c1. The zero-order valence-corrected chi connectivity index (χ0v) is 12.7. The Labute approximate surface area is 116 Å². The summed E-state index contributed by atoms with van der Waals surface area (Å²) in [7, 11) is 0. The van der Waals surface area contributed by atoms with Gasteiger partial charge in [-0.05, 0) is 37.5 Å². The molecule has 0 bridgehead atoms. The van der Waals surface area contributed by atoms with E-state index in [2.05, 4.69) is 31.7 Å². The Morgan fingerprint density at radius 2 is 1.94 bits per heavy atom. The molecule has 0 amide bonds. The van der Waals surface area contributed by atoms with Crippen molar-refractivity contribution in [2.24, 2.45) is 11.7 Å². The molecule has 1 rings (SSSR count). The molecule has 0 saturated carbocycles. The standard InChI is InChI=1S/C15H25ClN2/c1-5-11(3)10-18(6-2)13-7-8-14(12(4)17)15(16)9-13/h7-9,11-12H,5-6,10,17H2,1-4H3. The van der Waals surface area contributed by atoms with E-state index in [1.165, 1.54) is 12.1 Å². The quantitative estimate of drug-likeness (QED) is 0.836. The highest BCUT2D eigenvalue weighted by Gasteiger charge is 2.11. The van der Waals surface area contributed by atoms with Gasteiger partial charge in [-0.15, -0.1) is 0 Å². The number of nitrogens with two attached hydrogens (primary N) is 1. The lowest BCUT2D eigenvalue weighted by Crippen LogP contribution is -2.28. The van der Waals surface area contributed by atoms with Crippen LogP contribution in [0.1, 0.15) is 45.7 Å². The summed E-state index contributed by atoms with van der Waals surface area (Å²) in [4.78, 5) is 2.37. The second kappa shape index (κ2) is 7.01. The van der Waals surface area contributed by atoms with Crippen LogP contribution in [0.15, 0.2) is 18.2 Å². The first-order valence-corrected chi connectivity index (χ1v) is 7.17. The Bertz CT molecular complexity index is 377. The second-order valence-electron chi connectivity index (χ2n) is 5.05. The van der Waals surface area contributed by atoms with Gasteiger partial charge < -0.3 is 10.6 Å². The van der Waals surface area contributed by atoms with Crippen molar-refractivity contribution in [3.05, 3.63) is 28.8 Å². The predicted molar refractivity (Wildman–Crippen MR) is 81.4 cm³/mol. The van der Waals surface area contributed by atoms with Gasteiger partial charge in [0.1, 0.15) is 0 Å². The Kier molecular flexibility index (Phi) is 5.97. The average molecular weight is 269 g/mol. The molecule has 0 fully saturated rings. The van der Waals surface area contributed by atoms with Crippen molar-refractivity contribution in [2.75, 3.05) is 18.0 Å². The maximum Gasteiger partial charge on any atom is 0.0474 e. The summed E-state index contributed by atoms with van der Waals surface area (Å²) in [6, 6.07) is 6.18. The monoisotopic (exact) mass is 268 g/mol. The molecule has 0 heterocycles. The van der Waals surface area contributed by atoms with Crippen molar-refractivity contribution in [3.8, 4) is 0 Å². The van der Waals surface area contributed by atoms with Crippen molar-refractivity contribution in [1.82, 2.24) is 0 Å². The van der Waals surface area contributed by atoms with E-state index in [4.69, 9.17) is 17.3 Å². The maximum atomic E-state index is 6.29. The third-order valence-corrected chi connectivity index (χ3v) is 3.78. The molecule has 3 heteroatoms. The molecule has 2 N–H and O–H groups in total. The van der Waals surface area contributed by atoms with Crippen molar-refractivity contribution in [1.29, 1.82) is 0 Å². The predicted octanol–water partition coefficient (Wildman–Crippen LogP) is 4.23. The molecule has 0 radical (unpaired) electrons. The molecule has 18 heavy (non-hydrogen) atoms. The molecule has 2 unspecified atom stereocenters. The highest BCUT2D eigenvalue weighted by Crippen LogP contribution is 2.27. The van der Waals surface area contributed by atoms with Gasteiger partial charge in [-0.2, -0.15) is 0 Å². The van der Waals surface area contributed by atoms with Gasteiger partial charge in [0.25, 0.3) is 0 Å². The van der Waals surface area contributed by atoms with Crippen LogP contribution < -0.4 is 10.6 Å². The summed E-state index contributed by atoms with van der Waals surface area (Å²) in [5.41, 5.74) is 8.08. The van der Waals surface area contributed by atoms with Gasteiger partial charge in [0.15, 0.2) is 0 Å². The summed E-state index contributed by atoms with van der Waals surface area (Å²) < 4.78 is 0. The van der Waals surface area contributed by atoms with Crippen LogP contribution in [-0.2, 0) is 0 Å². The lowest BCUT2D eigenvalue weighted by Gasteiger charge is -2.27. The summed E-state index contributed by atoms with van der Waals surface area (Å²) in [6.07, 6.45) is 1.20. The number of hydrogen-bond acceptors (Lipinski definition) is 2. The van der Waals surface area contributed by atoms with Gasteiger partial charge in [0, 0.05) is 29.8 Å². The number of nitrogens with zero attached hydrogens (tertiary/aromatic N) is 1. The third kappa shape index (κ3) is 3.89. The molecule has 0 spiro atoms. The zero-order chi connectivity index (χ0) is 13.7. The number of anilines is 1. The van der Waals surface area contributed by atoms with E-state index < -0.39 is 0 Å². The first-order valence-electron chi connectivity index (χ1n) is 6.79. The van der Waals surface area contributed by atoms with Crippen LogP contribution in [0.2, 0.25) is 5.02 Å². The molecular weight excluding hydrogens is 244 g/mol. The minimum absolute atomic E-state index is 0.0174. The van der Waals surface area contributed by atoms with E-state index in [0.717, 1.165) is 23.7 Å². The largest absolute Gasteiger partial charge is 0.372 e. The van der Waals surface area contributed by atoms with Crippen LogP contribution in [0, 0.1) is 5.92 Å². The Morgan fingerprint density at radius 1 is 1.28 bits per heavy atom. The molecule has 2 nitrogen and oxygen atoms in total. The Balaban J connectivity index is 2.90. The van der Waals surface area contributed by atoms with Crippen LogP contribution in [0.3, 0.4) is 0 Å². The van der Waals surface area contributed by atoms with E-state index in [1.54, 1.807) is 0 Å². The Hall–Kier alpha value is -0.730. The minimum Gasteiger partial charge on any atom is -0.372 e. The third-order valence-electron chi connectivity index (χ3n) is 3.45. The van der Waals surface area contributed by atoms with Crippen molar-refractivity contribution < 1.29 is 0 Å². The van der Waals surface area contributed by atoms with Gasteiger partial charge in [0.05, 0.1) is 0 Å². The van der Waals surface area contributed by atoms with Crippen LogP contribution in [0.5, 0.6) is 0 Å². The van der Waals surface area contributed by atoms with Crippen molar-refractivity contribution in [3.63, 3.8) is 0 Å². The van der Waals surface area contributed by atoms with E-state index in [9.17, 15) is 0 Å². The lowest BCUT2D eigenvalue weighted by molar-refractivity contribution is 0.548. The fraction of sp³-hybridized carbons (Fsp3) is 0.600. The average Bonchev–Trinajstić information content (AvgIpc) is 2.34. The summed E-state index contributed by atoms with van der Waals surface area (Å²) in [5.74, 6) is 0.692. The van der Waals surface area contributed by atoms with Crippen LogP contribution in [-0.4, -0.2) is 13.1 Å². The molecule has 0 saturated heterocycles. The summed E-state index contributed by atoms with van der Waals surface area (Å²) in [5, 5.41) is 0.769. The van der Waals surface area contributed by atoms with Crippen LogP contribution in [0.25, 0.3) is 0 Å². The van der Waals surface area contributed by atoms with E-state index in [0.29, 0.717) is 5.92 Å². The number of benzene rings is 1. The van der Waals surface area contributed by atoms with Gasteiger partial charge in [-0.1, -0.05) is 37.9 Å². The van der Waals surface area contributed by atoms with Gasteiger partial charge in [-0.3, -0.25) is 0 Å². The normalized spacial score (nSPS) is 14.3. The van der Waals surface area contributed by atoms with E-state index in [-0.39, 0.29) is 6.04 Å². The number of halogens is 1. The first kappa shape index (κ1) is 15.3. The molecule has 0 aliphatic heterocycles. The molecular formula is C15H25ClN2. The molecule has 1 aromatic carbocycles. The fourth-order valence-corrected chi connectivity index (χ4v) is 2.35. The zero-order valence-electron chi connectivity index (χ0n) is 11.9. The molecule has 0 aliphatic rings. The molecule has 102 valence electrons. The minimum atomic E-state index is -0.0174. The molecule has 0 aromatic heterocycles. The molecule has 2 atom stereocenters. The first-order chi connectivity index (χ1) is 8.49. The molecule has 0 aliphatic carbocycles. The lowest BCUT2D eigenvalue weighted by atomic mass is 10.1. The van der Waals surface area contributed by atoms with E-state index >= 15 is 0 Å². The number of hydrogen-bond donors (Lipinski definition) is 1. The van der Waals surface area contributed by atoms with Crippen molar-refractivity contribution in [2.45, 2.75) is 40.2 Å². The van der Waals surface area contributed by atoms with E-state index in [1.807, 2.05) is 19.1 Å². The van der Waals surface area contributed by atoms with Crippen molar-refractivity contribution >= 4 is 17.3 Å². The van der Waals surface area contributed by atoms with Gasteiger partial charge in [-0.25, -0.2) is 0 Å². The summed E-state index contributed by atoms with van der Waals surface area (Å²) in [6.45, 7) is 10.7. The van der Waals surface area contributed by atoms with Crippen LogP contribution in [0.4, 0.5) is 5.69 Å². The Morgan fingerprint density at radius 3 is 2.39 bits per heavy atom. The number of rotatable bonds is 6. The smallest absolute Gasteiger partial charge is 0.0474 e. The van der Waals surface area contributed by atoms with Gasteiger partial charge >= 0.3 is 0 Å². The van der Waals surface area contributed by atoms with Gasteiger partial charge in [0.2, 0.25) is 0 Å².